The highest BCUT2D eigenvalue weighted by molar-refractivity contribution is 9.10. The number of ether oxygens (including phenoxy) is 1. The van der Waals surface area contributed by atoms with Crippen LogP contribution in [0.1, 0.15) is 24.2 Å². The van der Waals surface area contributed by atoms with Crippen LogP contribution in [0.4, 0.5) is 0 Å². The maximum Gasteiger partial charge on any atom is 0.342 e. The molecule has 132 valence electrons. The molecular formula is C16H21BrN2O5. The van der Waals surface area contributed by atoms with Crippen LogP contribution in [0.2, 0.25) is 0 Å². The molecule has 0 aliphatic heterocycles. The Morgan fingerprint density at radius 2 is 1.79 bits per heavy atom. The van der Waals surface area contributed by atoms with Gasteiger partial charge in [0.15, 0.2) is 6.61 Å². The number of phenols is 1. The molecule has 0 spiro atoms. The second-order valence-electron chi connectivity index (χ2n) is 5.05. The molecule has 24 heavy (non-hydrogen) atoms. The molecule has 0 fully saturated rings. The molecule has 8 heteroatoms. The average Bonchev–Trinajstić information content (AvgIpc) is 2.55. The standard InChI is InChI=1S/C16H21BrN2O5/c1-4-19(5-2)14(21)9-18(3)15(22)10-24-16(23)12-8-11(17)6-7-13(12)20/h6-8,20H,4-5,9-10H2,1-3H3. The first-order valence-electron chi connectivity index (χ1n) is 7.47. The van der Waals surface area contributed by atoms with E-state index >= 15 is 0 Å². The Labute approximate surface area is 149 Å². The van der Waals surface area contributed by atoms with Crippen LogP contribution in [0, 0.1) is 0 Å². The Kier molecular flexibility index (Phi) is 7.70. The number of likely N-dealkylation sites (N-methyl/N-ethyl adjacent to an activating group) is 2. The van der Waals surface area contributed by atoms with Gasteiger partial charge in [-0.1, -0.05) is 15.9 Å². The summed E-state index contributed by atoms with van der Waals surface area (Å²) >= 11 is 3.19. The van der Waals surface area contributed by atoms with E-state index in [0.717, 1.165) is 0 Å². The fourth-order valence-electron chi connectivity index (χ4n) is 1.95. The molecule has 1 N–H and O–H groups in total. The number of halogens is 1. The Bertz CT molecular complexity index is 616. The molecule has 1 rings (SSSR count). The minimum Gasteiger partial charge on any atom is -0.507 e. The summed E-state index contributed by atoms with van der Waals surface area (Å²) in [6, 6.07) is 4.32. The number of nitrogens with zero attached hydrogens (tertiary/aromatic N) is 2. The fourth-order valence-corrected chi connectivity index (χ4v) is 2.32. The van der Waals surface area contributed by atoms with Crippen molar-refractivity contribution in [2.24, 2.45) is 0 Å². The molecule has 2 amide bonds. The summed E-state index contributed by atoms with van der Waals surface area (Å²) in [5, 5.41) is 9.65. The normalized spacial score (nSPS) is 10.2. The molecule has 0 heterocycles. The van der Waals surface area contributed by atoms with Gasteiger partial charge in [0, 0.05) is 24.6 Å². The van der Waals surface area contributed by atoms with Crippen LogP contribution in [-0.2, 0) is 14.3 Å². The number of amides is 2. The van der Waals surface area contributed by atoms with Gasteiger partial charge in [-0.2, -0.15) is 0 Å². The van der Waals surface area contributed by atoms with Crippen molar-refractivity contribution >= 4 is 33.7 Å². The number of benzene rings is 1. The van der Waals surface area contributed by atoms with E-state index in [0.29, 0.717) is 17.6 Å². The van der Waals surface area contributed by atoms with Crippen LogP contribution >= 0.6 is 15.9 Å². The van der Waals surface area contributed by atoms with Crippen LogP contribution < -0.4 is 0 Å². The van der Waals surface area contributed by atoms with Gasteiger partial charge in [-0.25, -0.2) is 4.79 Å². The number of carbonyl (C=O) groups is 3. The van der Waals surface area contributed by atoms with Crippen LogP contribution in [0.5, 0.6) is 5.75 Å². The molecule has 7 nitrogen and oxygen atoms in total. The lowest BCUT2D eigenvalue weighted by atomic mass is 10.2. The first-order chi connectivity index (χ1) is 11.3. The van der Waals surface area contributed by atoms with E-state index in [2.05, 4.69) is 15.9 Å². The molecule has 0 saturated heterocycles. The number of esters is 1. The molecule has 0 aromatic heterocycles. The topological polar surface area (TPSA) is 87.2 Å². The summed E-state index contributed by atoms with van der Waals surface area (Å²) in [6.45, 7) is 4.25. The fraction of sp³-hybridized carbons (Fsp3) is 0.438. The second-order valence-corrected chi connectivity index (χ2v) is 5.97. The van der Waals surface area contributed by atoms with Crippen molar-refractivity contribution in [2.45, 2.75) is 13.8 Å². The first kappa shape index (κ1) is 20.0. The highest BCUT2D eigenvalue weighted by Gasteiger charge is 2.19. The Morgan fingerprint density at radius 3 is 2.38 bits per heavy atom. The average molecular weight is 401 g/mol. The van der Waals surface area contributed by atoms with Gasteiger partial charge >= 0.3 is 5.97 Å². The third kappa shape index (κ3) is 5.52. The maximum absolute atomic E-state index is 12.0. The summed E-state index contributed by atoms with van der Waals surface area (Å²) in [5.41, 5.74) is -0.0426. The van der Waals surface area contributed by atoms with Crippen molar-refractivity contribution in [1.82, 2.24) is 9.80 Å². The summed E-state index contributed by atoms with van der Waals surface area (Å²) < 4.78 is 5.50. The summed E-state index contributed by atoms with van der Waals surface area (Å²) in [7, 11) is 1.47. The smallest absolute Gasteiger partial charge is 0.342 e. The minimum absolute atomic E-state index is 0.0426. The van der Waals surface area contributed by atoms with Crippen LogP contribution in [-0.4, -0.2) is 66.0 Å². The largest absolute Gasteiger partial charge is 0.507 e. The van der Waals surface area contributed by atoms with E-state index in [4.69, 9.17) is 4.74 Å². The van der Waals surface area contributed by atoms with E-state index < -0.39 is 18.5 Å². The predicted octanol–water partition coefficient (Wildman–Crippen LogP) is 1.64. The highest BCUT2D eigenvalue weighted by atomic mass is 79.9. The highest BCUT2D eigenvalue weighted by Crippen LogP contribution is 2.22. The van der Waals surface area contributed by atoms with Crippen molar-refractivity contribution in [1.29, 1.82) is 0 Å². The van der Waals surface area contributed by atoms with Crippen LogP contribution in [0.15, 0.2) is 22.7 Å². The van der Waals surface area contributed by atoms with Gasteiger partial charge in [0.05, 0.1) is 6.54 Å². The third-order valence-electron chi connectivity index (χ3n) is 3.42. The van der Waals surface area contributed by atoms with Gasteiger partial charge in [-0.15, -0.1) is 0 Å². The Morgan fingerprint density at radius 1 is 1.17 bits per heavy atom. The van der Waals surface area contributed by atoms with Crippen LogP contribution in [0.3, 0.4) is 0 Å². The van der Waals surface area contributed by atoms with E-state index in [9.17, 15) is 19.5 Å². The van der Waals surface area contributed by atoms with Crippen molar-refractivity contribution in [3.63, 3.8) is 0 Å². The molecule has 0 aliphatic rings. The molecule has 0 radical (unpaired) electrons. The zero-order chi connectivity index (χ0) is 18.3. The van der Waals surface area contributed by atoms with Gasteiger partial charge in [-0.3, -0.25) is 9.59 Å². The Balaban J connectivity index is 2.57. The van der Waals surface area contributed by atoms with Crippen molar-refractivity contribution in [2.75, 3.05) is 33.3 Å². The number of hydrogen-bond acceptors (Lipinski definition) is 5. The second kappa shape index (κ2) is 9.27. The lowest BCUT2D eigenvalue weighted by Gasteiger charge is -2.23. The minimum atomic E-state index is -0.814. The predicted molar refractivity (Wildman–Crippen MR) is 91.7 cm³/mol. The van der Waals surface area contributed by atoms with E-state index in [1.807, 2.05) is 13.8 Å². The molecule has 1 aromatic carbocycles. The van der Waals surface area contributed by atoms with Crippen LogP contribution in [0.25, 0.3) is 0 Å². The summed E-state index contributed by atoms with van der Waals surface area (Å²) in [4.78, 5) is 38.6. The zero-order valence-electron chi connectivity index (χ0n) is 13.9. The van der Waals surface area contributed by atoms with E-state index in [1.54, 1.807) is 11.0 Å². The van der Waals surface area contributed by atoms with Crippen molar-refractivity contribution in [3.05, 3.63) is 28.2 Å². The van der Waals surface area contributed by atoms with Gasteiger partial charge < -0.3 is 19.6 Å². The lowest BCUT2D eigenvalue weighted by molar-refractivity contribution is -0.140. The monoisotopic (exact) mass is 400 g/mol. The number of aromatic hydroxyl groups is 1. The number of phenolic OH excluding ortho intramolecular Hbond substituents is 1. The maximum atomic E-state index is 12.0. The van der Waals surface area contributed by atoms with Gasteiger partial charge in [0.25, 0.3) is 5.91 Å². The van der Waals surface area contributed by atoms with Gasteiger partial charge in [0.1, 0.15) is 11.3 Å². The quantitative estimate of drug-likeness (QED) is 0.702. The number of rotatable bonds is 7. The lowest BCUT2D eigenvalue weighted by Crippen LogP contribution is -2.42. The molecule has 1 aromatic rings. The number of carbonyl (C=O) groups excluding carboxylic acids is 3. The molecule has 0 atom stereocenters. The molecular weight excluding hydrogens is 380 g/mol. The number of hydrogen-bond donors (Lipinski definition) is 1. The summed E-state index contributed by atoms with van der Waals surface area (Å²) in [6.07, 6.45) is 0. The SMILES string of the molecule is CCN(CC)C(=O)CN(C)C(=O)COC(=O)c1cc(Br)ccc1O. The molecule has 0 unspecified atom stereocenters. The van der Waals surface area contributed by atoms with E-state index in [-0.39, 0.29) is 23.8 Å². The first-order valence-corrected chi connectivity index (χ1v) is 8.26. The van der Waals surface area contributed by atoms with Crippen molar-refractivity contribution in [3.8, 4) is 5.75 Å². The molecule has 0 saturated carbocycles. The van der Waals surface area contributed by atoms with E-state index in [1.165, 1.54) is 24.1 Å². The van der Waals surface area contributed by atoms with Crippen molar-refractivity contribution < 1.29 is 24.2 Å². The zero-order valence-corrected chi connectivity index (χ0v) is 15.5. The van der Waals surface area contributed by atoms with Gasteiger partial charge in [0.2, 0.25) is 5.91 Å². The van der Waals surface area contributed by atoms with Gasteiger partial charge in [-0.05, 0) is 32.0 Å². The summed E-state index contributed by atoms with van der Waals surface area (Å²) in [5.74, 6) is -1.73. The Hall–Kier alpha value is -2.09. The molecule has 0 bridgehead atoms. The third-order valence-corrected chi connectivity index (χ3v) is 3.91. The molecule has 0 aliphatic carbocycles.